The third kappa shape index (κ3) is 3.13. The van der Waals surface area contributed by atoms with Gasteiger partial charge in [-0.2, -0.15) is 0 Å². The number of carbonyl (C=O) groups excluding carboxylic acids is 1. The molecule has 0 saturated heterocycles. The number of carboxylic acids is 1. The van der Waals surface area contributed by atoms with Gasteiger partial charge in [-0.25, -0.2) is 0 Å². The summed E-state index contributed by atoms with van der Waals surface area (Å²) in [5.74, 6) is -2.49. The summed E-state index contributed by atoms with van der Waals surface area (Å²) in [7, 11) is 1.72. The SMILES string of the molecule is CNCCC(C(=O)O)C(=O)c1cccnc1. The number of carboxylic acid groups (broad SMARTS) is 1. The Morgan fingerprint density at radius 2 is 2.31 bits per heavy atom. The zero-order valence-corrected chi connectivity index (χ0v) is 9.01. The van der Waals surface area contributed by atoms with E-state index in [0.29, 0.717) is 12.1 Å². The molecule has 16 heavy (non-hydrogen) atoms. The van der Waals surface area contributed by atoms with Gasteiger partial charge in [-0.1, -0.05) is 0 Å². The minimum atomic E-state index is -1.09. The number of aromatic nitrogens is 1. The summed E-state index contributed by atoms with van der Waals surface area (Å²) in [5.41, 5.74) is 0.339. The Hall–Kier alpha value is -1.75. The van der Waals surface area contributed by atoms with E-state index < -0.39 is 17.7 Å². The van der Waals surface area contributed by atoms with Crippen LogP contribution in [-0.4, -0.2) is 35.4 Å². The molecule has 0 spiro atoms. The summed E-state index contributed by atoms with van der Waals surface area (Å²) >= 11 is 0. The first kappa shape index (κ1) is 12.3. The summed E-state index contributed by atoms with van der Waals surface area (Å²) in [6.45, 7) is 0.489. The highest BCUT2D eigenvalue weighted by atomic mass is 16.4. The van der Waals surface area contributed by atoms with E-state index >= 15 is 0 Å². The number of Topliss-reactive ketones (excluding diaryl/α,β-unsaturated/α-hetero) is 1. The highest BCUT2D eigenvalue weighted by Gasteiger charge is 2.26. The Balaban J connectivity index is 2.79. The predicted molar refractivity (Wildman–Crippen MR) is 58.2 cm³/mol. The molecule has 0 aromatic carbocycles. The molecule has 0 bridgehead atoms. The number of ketones is 1. The third-order valence-corrected chi connectivity index (χ3v) is 2.24. The molecular formula is C11H14N2O3. The van der Waals surface area contributed by atoms with Crippen molar-refractivity contribution in [3.8, 4) is 0 Å². The van der Waals surface area contributed by atoms with Gasteiger partial charge in [0, 0.05) is 18.0 Å². The molecule has 0 aliphatic rings. The van der Waals surface area contributed by atoms with E-state index in [1.54, 1.807) is 25.4 Å². The van der Waals surface area contributed by atoms with E-state index in [2.05, 4.69) is 10.3 Å². The van der Waals surface area contributed by atoms with Crippen LogP contribution in [-0.2, 0) is 4.79 Å². The molecule has 2 N–H and O–H groups in total. The zero-order valence-electron chi connectivity index (χ0n) is 9.01. The van der Waals surface area contributed by atoms with Gasteiger partial charge in [0.25, 0.3) is 0 Å². The standard InChI is InChI=1S/C11H14N2O3/c1-12-6-4-9(11(15)16)10(14)8-3-2-5-13-7-8/h2-3,5,7,9,12H,4,6H2,1H3,(H,15,16). The van der Waals surface area contributed by atoms with Gasteiger partial charge in [-0.15, -0.1) is 0 Å². The second-order valence-corrected chi connectivity index (χ2v) is 3.39. The van der Waals surface area contributed by atoms with Crippen molar-refractivity contribution in [3.63, 3.8) is 0 Å². The van der Waals surface area contributed by atoms with E-state index in [4.69, 9.17) is 5.11 Å². The summed E-state index contributed by atoms with van der Waals surface area (Å²) < 4.78 is 0. The molecule has 1 aromatic heterocycles. The minimum absolute atomic E-state index is 0.277. The van der Waals surface area contributed by atoms with Crippen LogP contribution in [0.4, 0.5) is 0 Å². The number of carbonyl (C=O) groups is 2. The normalized spacial score (nSPS) is 12.1. The molecule has 1 heterocycles. The number of hydrogen-bond acceptors (Lipinski definition) is 4. The summed E-state index contributed by atoms with van der Waals surface area (Å²) in [6, 6.07) is 3.19. The average Bonchev–Trinajstić information content (AvgIpc) is 2.30. The summed E-state index contributed by atoms with van der Waals surface area (Å²) in [6.07, 6.45) is 3.21. The fourth-order valence-corrected chi connectivity index (χ4v) is 1.37. The smallest absolute Gasteiger partial charge is 0.314 e. The monoisotopic (exact) mass is 222 g/mol. The largest absolute Gasteiger partial charge is 0.481 e. The van der Waals surface area contributed by atoms with Crippen LogP contribution < -0.4 is 5.32 Å². The molecule has 0 aliphatic carbocycles. The third-order valence-electron chi connectivity index (χ3n) is 2.24. The van der Waals surface area contributed by atoms with Gasteiger partial charge in [-0.3, -0.25) is 14.6 Å². The predicted octanol–water partition coefficient (Wildman–Crippen LogP) is 0.575. The second-order valence-electron chi connectivity index (χ2n) is 3.39. The van der Waals surface area contributed by atoms with Crippen molar-refractivity contribution in [2.75, 3.05) is 13.6 Å². The Bertz CT molecular complexity index is 365. The van der Waals surface area contributed by atoms with Crippen molar-refractivity contribution in [2.45, 2.75) is 6.42 Å². The first-order valence-electron chi connectivity index (χ1n) is 4.98. The van der Waals surface area contributed by atoms with Crippen LogP contribution in [0.3, 0.4) is 0 Å². The molecule has 0 fully saturated rings. The number of rotatable bonds is 6. The molecule has 5 nitrogen and oxygen atoms in total. The summed E-state index contributed by atoms with van der Waals surface area (Å²) in [4.78, 5) is 26.6. The fourth-order valence-electron chi connectivity index (χ4n) is 1.37. The minimum Gasteiger partial charge on any atom is -0.481 e. The maximum Gasteiger partial charge on any atom is 0.314 e. The van der Waals surface area contributed by atoms with Gasteiger partial charge >= 0.3 is 5.97 Å². The van der Waals surface area contributed by atoms with Crippen LogP contribution >= 0.6 is 0 Å². The van der Waals surface area contributed by atoms with Crippen molar-refractivity contribution in [3.05, 3.63) is 30.1 Å². The Labute approximate surface area is 93.5 Å². The first-order chi connectivity index (χ1) is 7.66. The highest BCUT2D eigenvalue weighted by molar-refractivity contribution is 6.07. The number of pyridine rings is 1. The van der Waals surface area contributed by atoms with Crippen molar-refractivity contribution in [2.24, 2.45) is 5.92 Å². The molecule has 0 aliphatic heterocycles. The van der Waals surface area contributed by atoms with Gasteiger partial charge in [0.05, 0.1) is 0 Å². The average molecular weight is 222 g/mol. The van der Waals surface area contributed by atoms with Crippen LogP contribution in [0.15, 0.2) is 24.5 Å². The van der Waals surface area contributed by atoms with Gasteiger partial charge < -0.3 is 10.4 Å². The number of nitrogens with one attached hydrogen (secondary N) is 1. The van der Waals surface area contributed by atoms with E-state index in [-0.39, 0.29) is 6.42 Å². The van der Waals surface area contributed by atoms with Crippen molar-refractivity contribution >= 4 is 11.8 Å². The molecule has 0 saturated carbocycles. The van der Waals surface area contributed by atoms with Crippen LogP contribution in [0.2, 0.25) is 0 Å². The second kappa shape index (κ2) is 5.97. The lowest BCUT2D eigenvalue weighted by Crippen LogP contribution is -2.27. The van der Waals surface area contributed by atoms with Crippen LogP contribution in [0.1, 0.15) is 16.8 Å². The van der Waals surface area contributed by atoms with E-state index in [1.165, 1.54) is 6.20 Å². The Morgan fingerprint density at radius 1 is 1.56 bits per heavy atom. The zero-order chi connectivity index (χ0) is 12.0. The lowest BCUT2D eigenvalue weighted by molar-refractivity contribution is -0.140. The fraction of sp³-hybridized carbons (Fsp3) is 0.364. The maximum absolute atomic E-state index is 11.8. The van der Waals surface area contributed by atoms with E-state index in [9.17, 15) is 9.59 Å². The molecule has 1 rings (SSSR count). The highest BCUT2D eigenvalue weighted by Crippen LogP contribution is 2.11. The molecular weight excluding hydrogens is 208 g/mol. The molecule has 0 amide bonds. The molecule has 1 unspecified atom stereocenters. The molecule has 86 valence electrons. The Kier molecular flexibility index (Phi) is 4.60. The van der Waals surface area contributed by atoms with Crippen LogP contribution in [0.5, 0.6) is 0 Å². The van der Waals surface area contributed by atoms with E-state index in [0.717, 1.165) is 0 Å². The topological polar surface area (TPSA) is 79.3 Å². The quantitative estimate of drug-likeness (QED) is 0.543. The Morgan fingerprint density at radius 3 is 2.81 bits per heavy atom. The van der Waals surface area contributed by atoms with E-state index in [1.807, 2.05) is 0 Å². The van der Waals surface area contributed by atoms with Gasteiger partial charge in [0.15, 0.2) is 5.78 Å². The van der Waals surface area contributed by atoms with Crippen LogP contribution in [0.25, 0.3) is 0 Å². The lowest BCUT2D eigenvalue weighted by Gasteiger charge is -2.10. The van der Waals surface area contributed by atoms with Crippen molar-refractivity contribution < 1.29 is 14.7 Å². The number of nitrogens with zero attached hydrogens (tertiary/aromatic N) is 1. The molecule has 0 radical (unpaired) electrons. The van der Waals surface area contributed by atoms with Gasteiger partial charge in [0.1, 0.15) is 5.92 Å². The van der Waals surface area contributed by atoms with Crippen molar-refractivity contribution in [1.82, 2.24) is 10.3 Å². The maximum atomic E-state index is 11.8. The van der Waals surface area contributed by atoms with Crippen LogP contribution in [0, 0.1) is 5.92 Å². The first-order valence-corrected chi connectivity index (χ1v) is 4.98. The molecule has 1 aromatic rings. The number of aliphatic carboxylic acids is 1. The molecule has 5 heteroatoms. The van der Waals surface area contributed by atoms with Gasteiger partial charge in [-0.05, 0) is 32.1 Å². The lowest BCUT2D eigenvalue weighted by atomic mass is 9.96. The van der Waals surface area contributed by atoms with Gasteiger partial charge in [0.2, 0.25) is 0 Å². The number of hydrogen-bond donors (Lipinski definition) is 2. The summed E-state index contributed by atoms with van der Waals surface area (Å²) in [5, 5.41) is 11.8. The molecule has 1 atom stereocenters. The van der Waals surface area contributed by atoms with Crippen molar-refractivity contribution in [1.29, 1.82) is 0 Å².